The van der Waals surface area contributed by atoms with E-state index >= 15 is 0 Å². The second kappa shape index (κ2) is 9.43. The van der Waals surface area contributed by atoms with Gasteiger partial charge in [0, 0.05) is 35.9 Å². The largest absolute Gasteiger partial charge is 0.300 e. The highest BCUT2D eigenvalue weighted by atomic mass is 16.1. The second-order valence-electron chi connectivity index (χ2n) is 11.8. The Morgan fingerprint density at radius 3 is 1.48 bits per heavy atom. The van der Waals surface area contributed by atoms with Gasteiger partial charge in [-0.25, -0.2) is 0 Å². The third-order valence-corrected chi connectivity index (χ3v) is 9.70. The number of hydrogen-bond acceptors (Lipinski definition) is 4. The molecule has 2 aliphatic heterocycles. The number of fused-ring (bicyclic) bond motifs is 6. The van der Waals surface area contributed by atoms with Crippen LogP contribution in [0.4, 0.5) is 0 Å². The first-order valence-corrected chi connectivity index (χ1v) is 14.5. The zero-order valence-electron chi connectivity index (χ0n) is 23.8. The second-order valence-corrected chi connectivity index (χ2v) is 11.8. The monoisotopic (exact) mass is 532 g/mol. The minimum absolute atomic E-state index is 0.108. The molecule has 6 nitrogen and oxygen atoms in total. The van der Waals surface area contributed by atoms with Crippen LogP contribution in [-0.2, 0) is 12.8 Å². The molecule has 2 atom stereocenters. The number of benzene rings is 2. The Morgan fingerprint density at radius 2 is 1.05 bits per heavy atom. The number of hydrogen-bond donors (Lipinski definition) is 0. The van der Waals surface area contributed by atoms with Gasteiger partial charge in [-0.2, -0.15) is 0 Å². The van der Waals surface area contributed by atoms with Crippen LogP contribution in [-0.4, -0.2) is 57.9 Å². The van der Waals surface area contributed by atoms with Crippen LogP contribution in [0.1, 0.15) is 37.8 Å². The number of rotatable bonds is 4. The van der Waals surface area contributed by atoms with Gasteiger partial charge in [-0.15, -0.1) is 0 Å². The summed E-state index contributed by atoms with van der Waals surface area (Å²) in [6.07, 6.45) is 7.95. The quantitative estimate of drug-likeness (QED) is 0.304. The average molecular weight is 533 g/mol. The van der Waals surface area contributed by atoms with Crippen molar-refractivity contribution < 1.29 is 0 Å². The molecule has 5 heterocycles. The van der Waals surface area contributed by atoms with E-state index in [1.807, 2.05) is 36.4 Å². The molecule has 0 radical (unpaired) electrons. The first kappa shape index (κ1) is 25.2. The van der Waals surface area contributed by atoms with E-state index in [0.717, 1.165) is 58.9 Å². The van der Waals surface area contributed by atoms with Gasteiger partial charge in [0.05, 0.1) is 11.0 Å². The average Bonchev–Trinajstić information content (AvgIpc) is 3.46. The van der Waals surface area contributed by atoms with Crippen molar-refractivity contribution in [3.63, 3.8) is 0 Å². The van der Waals surface area contributed by atoms with E-state index in [9.17, 15) is 9.59 Å². The maximum absolute atomic E-state index is 14.6. The highest BCUT2D eigenvalue weighted by molar-refractivity contribution is 5.97. The molecule has 40 heavy (non-hydrogen) atoms. The summed E-state index contributed by atoms with van der Waals surface area (Å²) in [5, 5.41) is 1.98. The molecule has 0 amide bonds. The van der Waals surface area contributed by atoms with Crippen LogP contribution < -0.4 is 11.1 Å². The molecule has 3 aromatic heterocycles. The van der Waals surface area contributed by atoms with Crippen LogP contribution in [0.25, 0.3) is 32.8 Å². The summed E-state index contributed by atoms with van der Waals surface area (Å²) >= 11 is 0. The first-order chi connectivity index (χ1) is 19.4. The fourth-order valence-electron chi connectivity index (χ4n) is 7.10. The first-order valence-electron chi connectivity index (χ1n) is 14.5. The molecule has 2 unspecified atom stereocenters. The fourth-order valence-corrected chi connectivity index (χ4v) is 7.10. The molecule has 0 N–H and O–H groups in total. The van der Waals surface area contributed by atoms with Crippen molar-refractivity contribution in [2.24, 2.45) is 0 Å². The Hall–Kier alpha value is -3.74. The lowest BCUT2D eigenvalue weighted by molar-refractivity contribution is 0.275. The standard InChI is InChI=1S/C34H36N4O2/c1-21-23(11-9-17-35(21)3)19-27-25-13-5-7-15-29(25)37-31(27)33(39)38-30-16-8-6-14-26(30)28(32(38)34(37)40)20-24-12-10-18-36(4)22(24)2/h5-8,11-16,21-22H,9-10,17-20H2,1-4H3. The summed E-state index contributed by atoms with van der Waals surface area (Å²) in [5.74, 6) is 0. The van der Waals surface area contributed by atoms with Gasteiger partial charge in [0.15, 0.2) is 0 Å². The minimum Gasteiger partial charge on any atom is -0.300 e. The molecule has 2 aliphatic rings. The summed E-state index contributed by atoms with van der Waals surface area (Å²) in [4.78, 5) is 33.9. The van der Waals surface area contributed by atoms with E-state index in [0.29, 0.717) is 23.9 Å². The smallest absolute Gasteiger partial charge is 0.280 e. The Morgan fingerprint density at radius 1 is 0.650 bits per heavy atom. The van der Waals surface area contributed by atoms with Crippen LogP contribution in [0.5, 0.6) is 0 Å². The van der Waals surface area contributed by atoms with Crippen molar-refractivity contribution in [1.82, 2.24) is 18.6 Å². The number of likely N-dealkylation sites (N-methyl/N-ethyl adjacent to an activating group) is 2. The maximum Gasteiger partial charge on any atom is 0.280 e. The molecule has 5 aromatic rings. The molecule has 0 spiro atoms. The Balaban J connectivity index is 1.56. The van der Waals surface area contributed by atoms with Crippen molar-refractivity contribution in [3.8, 4) is 0 Å². The molecule has 0 aliphatic carbocycles. The van der Waals surface area contributed by atoms with Crippen molar-refractivity contribution in [2.45, 2.75) is 51.6 Å². The highest BCUT2D eigenvalue weighted by Crippen LogP contribution is 2.33. The molecule has 0 bridgehead atoms. The summed E-state index contributed by atoms with van der Waals surface area (Å²) in [7, 11) is 4.31. The van der Waals surface area contributed by atoms with Crippen LogP contribution in [0.3, 0.4) is 0 Å². The molecule has 0 saturated heterocycles. The van der Waals surface area contributed by atoms with E-state index in [4.69, 9.17) is 0 Å². The van der Waals surface area contributed by atoms with Crippen LogP contribution in [0.15, 0.2) is 81.4 Å². The molecule has 7 rings (SSSR count). The Labute approximate surface area is 233 Å². The van der Waals surface area contributed by atoms with Gasteiger partial charge >= 0.3 is 0 Å². The summed E-state index contributed by atoms with van der Waals surface area (Å²) in [5.41, 5.74) is 6.96. The lowest BCUT2D eigenvalue weighted by Gasteiger charge is -2.31. The van der Waals surface area contributed by atoms with Gasteiger partial charge in [-0.05, 0) is 76.9 Å². The number of nitrogens with zero attached hydrogens (tertiary/aromatic N) is 4. The minimum atomic E-state index is -0.108. The van der Waals surface area contributed by atoms with Gasteiger partial charge < -0.3 is 0 Å². The third-order valence-electron chi connectivity index (χ3n) is 9.70. The lowest BCUT2D eigenvalue weighted by atomic mass is 9.94. The van der Waals surface area contributed by atoms with Crippen molar-refractivity contribution in [2.75, 3.05) is 27.2 Å². The van der Waals surface area contributed by atoms with E-state index in [-0.39, 0.29) is 23.2 Å². The maximum atomic E-state index is 14.6. The molecule has 204 valence electrons. The van der Waals surface area contributed by atoms with E-state index < -0.39 is 0 Å². The van der Waals surface area contributed by atoms with Crippen molar-refractivity contribution >= 4 is 32.8 Å². The summed E-state index contributed by atoms with van der Waals surface area (Å²) in [6, 6.07) is 16.6. The number of aromatic nitrogens is 2. The molecule has 2 aromatic carbocycles. The normalized spacial score (nSPS) is 21.1. The van der Waals surface area contributed by atoms with Crippen molar-refractivity contribution in [3.05, 3.63) is 104 Å². The van der Waals surface area contributed by atoms with Crippen LogP contribution >= 0.6 is 0 Å². The topological polar surface area (TPSA) is 49.4 Å². The Kier molecular flexibility index (Phi) is 5.95. The van der Waals surface area contributed by atoms with E-state index in [1.54, 1.807) is 8.80 Å². The van der Waals surface area contributed by atoms with Gasteiger partial charge in [-0.3, -0.25) is 28.2 Å². The fraction of sp³-hybridized carbons (Fsp3) is 0.353. The molecular weight excluding hydrogens is 496 g/mol. The highest BCUT2D eigenvalue weighted by Gasteiger charge is 2.28. The predicted molar refractivity (Wildman–Crippen MR) is 164 cm³/mol. The molecule has 6 heteroatoms. The summed E-state index contributed by atoms with van der Waals surface area (Å²) in [6.45, 7) is 6.52. The van der Waals surface area contributed by atoms with Gasteiger partial charge in [0.25, 0.3) is 11.1 Å². The molecular formula is C34H36N4O2. The van der Waals surface area contributed by atoms with Crippen molar-refractivity contribution in [1.29, 1.82) is 0 Å². The zero-order valence-corrected chi connectivity index (χ0v) is 23.8. The van der Waals surface area contributed by atoms with Crippen LogP contribution in [0.2, 0.25) is 0 Å². The van der Waals surface area contributed by atoms with Gasteiger partial charge in [-0.1, -0.05) is 59.7 Å². The van der Waals surface area contributed by atoms with E-state index in [2.05, 4.69) is 62.0 Å². The van der Waals surface area contributed by atoms with Gasteiger partial charge in [0.2, 0.25) is 0 Å². The third kappa shape index (κ3) is 3.62. The lowest BCUT2D eigenvalue weighted by Crippen LogP contribution is -2.35. The Bertz CT molecular complexity index is 1830. The SMILES string of the molecule is CC1C(Cc2c3ccccc3n3c(=O)c4c(CC5=CCCN(C)C5C)c5ccccc5n4c(=O)c23)=CCCN1C. The molecule has 0 fully saturated rings. The summed E-state index contributed by atoms with van der Waals surface area (Å²) < 4.78 is 3.43. The van der Waals surface area contributed by atoms with Crippen LogP contribution in [0, 0.1) is 0 Å². The predicted octanol–water partition coefficient (Wildman–Crippen LogP) is 5.04. The number of para-hydroxylation sites is 2. The zero-order chi connectivity index (χ0) is 27.7. The van der Waals surface area contributed by atoms with Gasteiger partial charge in [0.1, 0.15) is 11.0 Å². The molecule has 0 saturated carbocycles. The van der Waals surface area contributed by atoms with E-state index in [1.165, 1.54) is 11.1 Å².